The molecule has 19 heavy (non-hydrogen) atoms. The van der Waals surface area contributed by atoms with Gasteiger partial charge in [0.15, 0.2) is 5.17 Å². The van der Waals surface area contributed by atoms with Crippen LogP contribution in [0.3, 0.4) is 0 Å². The fraction of sp³-hybridized carbons (Fsp3) is 0.429. The lowest BCUT2D eigenvalue weighted by atomic mass is 10.2. The molecule has 1 aliphatic rings. The fourth-order valence-corrected chi connectivity index (χ4v) is 2.42. The highest BCUT2D eigenvalue weighted by atomic mass is 32.2. The van der Waals surface area contributed by atoms with Crippen molar-refractivity contribution in [1.82, 2.24) is 5.32 Å². The topological polar surface area (TPSA) is 50.7 Å². The highest BCUT2D eigenvalue weighted by Crippen LogP contribution is 2.13. The van der Waals surface area contributed by atoms with Crippen LogP contribution < -0.4 is 10.1 Å². The minimum Gasteiger partial charge on any atom is -0.493 e. The zero-order chi connectivity index (χ0) is 13.5. The molecule has 1 amide bonds. The average molecular weight is 278 g/mol. The summed E-state index contributed by atoms with van der Waals surface area (Å²) in [6.45, 7) is 3.29. The molecule has 1 aliphatic heterocycles. The normalized spacial score (nSPS) is 14.1. The van der Waals surface area contributed by atoms with E-state index in [2.05, 4.69) is 17.2 Å². The van der Waals surface area contributed by atoms with Crippen molar-refractivity contribution in [2.24, 2.45) is 4.99 Å². The van der Waals surface area contributed by atoms with E-state index in [1.54, 1.807) is 11.8 Å². The van der Waals surface area contributed by atoms with E-state index in [1.807, 2.05) is 24.3 Å². The first-order valence-corrected chi connectivity index (χ1v) is 7.45. The van der Waals surface area contributed by atoms with Gasteiger partial charge in [-0.3, -0.25) is 9.79 Å². The van der Waals surface area contributed by atoms with Gasteiger partial charge in [0.2, 0.25) is 5.91 Å². The Labute approximate surface area is 117 Å². The summed E-state index contributed by atoms with van der Waals surface area (Å²) in [6.07, 6.45) is 1.36. The van der Waals surface area contributed by atoms with E-state index < -0.39 is 0 Å². The molecule has 0 fully saturated rings. The predicted molar refractivity (Wildman–Crippen MR) is 78.8 cm³/mol. The van der Waals surface area contributed by atoms with Crippen molar-refractivity contribution in [3.05, 3.63) is 29.8 Å². The van der Waals surface area contributed by atoms with Gasteiger partial charge in [-0.1, -0.05) is 30.8 Å². The molecule has 0 atom stereocenters. The monoisotopic (exact) mass is 278 g/mol. The van der Waals surface area contributed by atoms with Gasteiger partial charge >= 0.3 is 0 Å². The van der Waals surface area contributed by atoms with E-state index in [0.29, 0.717) is 13.0 Å². The van der Waals surface area contributed by atoms with Crippen LogP contribution in [-0.4, -0.2) is 30.0 Å². The van der Waals surface area contributed by atoms with Crippen LogP contribution in [0.2, 0.25) is 0 Å². The molecule has 0 bridgehead atoms. The molecule has 1 N–H and O–H groups in total. The number of nitrogens with one attached hydrogen (secondary N) is 1. The molecule has 0 saturated heterocycles. The van der Waals surface area contributed by atoms with Crippen molar-refractivity contribution in [3.8, 4) is 5.75 Å². The molecule has 0 aliphatic carbocycles. The molecule has 1 aromatic rings. The number of aliphatic imine (C=N–C) groups is 1. The molecular weight excluding hydrogens is 260 g/mol. The van der Waals surface area contributed by atoms with E-state index in [0.717, 1.165) is 29.6 Å². The Morgan fingerprint density at radius 2 is 2.21 bits per heavy atom. The van der Waals surface area contributed by atoms with Crippen LogP contribution >= 0.6 is 11.8 Å². The SMILES string of the molecule is CCc1ccc(OCCC(=O)NC2=NCCS2)cc1. The summed E-state index contributed by atoms with van der Waals surface area (Å²) in [5.41, 5.74) is 1.28. The zero-order valence-electron chi connectivity index (χ0n) is 11.0. The van der Waals surface area contributed by atoms with E-state index >= 15 is 0 Å². The van der Waals surface area contributed by atoms with Gasteiger partial charge in [-0.25, -0.2) is 0 Å². The van der Waals surface area contributed by atoms with Crippen LogP contribution in [0.1, 0.15) is 18.9 Å². The zero-order valence-corrected chi connectivity index (χ0v) is 11.8. The van der Waals surface area contributed by atoms with Crippen LogP contribution in [0.4, 0.5) is 0 Å². The van der Waals surface area contributed by atoms with Crippen molar-refractivity contribution in [2.45, 2.75) is 19.8 Å². The Morgan fingerprint density at radius 1 is 1.42 bits per heavy atom. The summed E-state index contributed by atoms with van der Waals surface area (Å²) in [7, 11) is 0. The molecule has 102 valence electrons. The minimum atomic E-state index is -0.0432. The van der Waals surface area contributed by atoms with Gasteiger partial charge in [-0.05, 0) is 24.1 Å². The van der Waals surface area contributed by atoms with Gasteiger partial charge in [0.05, 0.1) is 19.6 Å². The Hall–Kier alpha value is -1.49. The van der Waals surface area contributed by atoms with Crippen molar-refractivity contribution in [2.75, 3.05) is 18.9 Å². The number of hydrogen-bond donors (Lipinski definition) is 1. The number of amidine groups is 1. The van der Waals surface area contributed by atoms with E-state index in [9.17, 15) is 4.79 Å². The number of thioether (sulfide) groups is 1. The highest BCUT2D eigenvalue weighted by molar-refractivity contribution is 8.14. The molecule has 4 nitrogen and oxygen atoms in total. The van der Waals surface area contributed by atoms with Crippen LogP contribution in [0.25, 0.3) is 0 Å². The third-order valence-electron chi connectivity index (χ3n) is 2.76. The summed E-state index contributed by atoms with van der Waals surface area (Å²) in [6, 6.07) is 7.96. The number of carbonyl (C=O) groups excluding carboxylic acids is 1. The van der Waals surface area contributed by atoms with Gasteiger partial charge < -0.3 is 10.1 Å². The number of hydrogen-bond acceptors (Lipinski definition) is 4. The predicted octanol–water partition coefficient (Wildman–Crippen LogP) is 2.24. The first kappa shape index (κ1) is 13.9. The second-order valence-electron chi connectivity index (χ2n) is 4.18. The summed E-state index contributed by atoms with van der Waals surface area (Å²) in [4.78, 5) is 15.8. The molecule has 1 heterocycles. The first-order valence-electron chi connectivity index (χ1n) is 6.47. The summed E-state index contributed by atoms with van der Waals surface area (Å²) in [5.74, 6) is 1.71. The molecule has 2 rings (SSSR count). The maximum atomic E-state index is 11.6. The molecule has 1 aromatic carbocycles. The third-order valence-corrected chi connectivity index (χ3v) is 3.65. The molecule has 5 heteroatoms. The molecule has 0 aromatic heterocycles. The van der Waals surface area contributed by atoms with Crippen LogP contribution in [0, 0.1) is 0 Å². The number of benzene rings is 1. The average Bonchev–Trinajstić information content (AvgIpc) is 2.92. The van der Waals surface area contributed by atoms with E-state index in [-0.39, 0.29) is 5.91 Å². The second kappa shape index (κ2) is 7.19. The van der Waals surface area contributed by atoms with Crippen molar-refractivity contribution in [1.29, 1.82) is 0 Å². The van der Waals surface area contributed by atoms with E-state index in [1.165, 1.54) is 5.56 Å². The van der Waals surface area contributed by atoms with Crippen molar-refractivity contribution < 1.29 is 9.53 Å². The highest BCUT2D eigenvalue weighted by Gasteiger charge is 2.10. The van der Waals surface area contributed by atoms with Gasteiger partial charge in [0, 0.05) is 5.75 Å². The summed E-state index contributed by atoms with van der Waals surface area (Å²) in [5, 5.41) is 3.51. The molecule has 0 saturated carbocycles. The number of ether oxygens (including phenoxy) is 1. The lowest BCUT2D eigenvalue weighted by Crippen LogP contribution is -2.28. The Bertz CT molecular complexity index is 457. The van der Waals surface area contributed by atoms with Gasteiger partial charge in [0.25, 0.3) is 0 Å². The first-order chi connectivity index (χ1) is 9.28. The van der Waals surface area contributed by atoms with Gasteiger partial charge in [-0.2, -0.15) is 0 Å². The third kappa shape index (κ3) is 4.59. The number of rotatable bonds is 5. The van der Waals surface area contributed by atoms with Gasteiger partial charge in [0.1, 0.15) is 5.75 Å². The van der Waals surface area contributed by atoms with Crippen LogP contribution in [0.5, 0.6) is 5.75 Å². The largest absolute Gasteiger partial charge is 0.493 e. The number of aryl methyl sites for hydroxylation is 1. The summed E-state index contributed by atoms with van der Waals surface area (Å²) < 4.78 is 5.53. The Balaban J connectivity index is 1.68. The van der Waals surface area contributed by atoms with Crippen molar-refractivity contribution >= 4 is 22.8 Å². The molecule has 0 radical (unpaired) electrons. The van der Waals surface area contributed by atoms with Crippen LogP contribution in [-0.2, 0) is 11.2 Å². The number of nitrogens with zero attached hydrogens (tertiary/aromatic N) is 1. The second-order valence-corrected chi connectivity index (χ2v) is 5.26. The Kier molecular flexibility index (Phi) is 5.27. The standard InChI is InChI=1S/C14H18N2O2S/c1-2-11-3-5-12(6-4-11)18-9-7-13(17)16-14-15-8-10-19-14/h3-6H,2,7-10H2,1H3,(H,15,16,17). The van der Waals surface area contributed by atoms with Crippen molar-refractivity contribution in [3.63, 3.8) is 0 Å². The van der Waals surface area contributed by atoms with Crippen LogP contribution in [0.15, 0.2) is 29.3 Å². The number of amides is 1. The molecular formula is C14H18N2O2S. The fourth-order valence-electron chi connectivity index (χ4n) is 1.68. The van der Waals surface area contributed by atoms with Gasteiger partial charge in [-0.15, -0.1) is 0 Å². The van der Waals surface area contributed by atoms with E-state index in [4.69, 9.17) is 4.74 Å². The lowest BCUT2D eigenvalue weighted by Gasteiger charge is -2.07. The smallest absolute Gasteiger partial charge is 0.229 e. The number of carbonyl (C=O) groups is 1. The quantitative estimate of drug-likeness (QED) is 0.898. The maximum absolute atomic E-state index is 11.6. The minimum absolute atomic E-state index is 0.0432. The maximum Gasteiger partial charge on any atom is 0.229 e. The summed E-state index contributed by atoms with van der Waals surface area (Å²) >= 11 is 1.58. The lowest BCUT2D eigenvalue weighted by molar-refractivity contribution is -0.120. The Morgan fingerprint density at radius 3 is 2.84 bits per heavy atom. The molecule has 0 unspecified atom stereocenters. The molecule has 0 spiro atoms.